The van der Waals surface area contributed by atoms with Gasteiger partial charge in [0, 0.05) is 28.6 Å². The van der Waals surface area contributed by atoms with Crippen molar-refractivity contribution >= 4 is 23.4 Å². The van der Waals surface area contributed by atoms with Gasteiger partial charge in [-0.05, 0) is 49.2 Å². The number of amides is 1. The van der Waals surface area contributed by atoms with Crippen LogP contribution in [0.1, 0.15) is 38.0 Å². The zero-order chi connectivity index (χ0) is 20.1. The van der Waals surface area contributed by atoms with Crippen LogP contribution in [0.25, 0.3) is 11.4 Å². The summed E-state index contributed by atoms with van der Waals surface area (Å²) in [7, 11) is 0. The molecular formula is C22H22FN3O2S. The van der Waals surface area contributed by atoms with Gasteiger partial charge in [-0.15, -0.1) is 11.8 Å². The molecule has 0 atom stereocenters. The van der Waals surface area contributed by atoms with Gasteiger partial charge in [0.2, 0.25) is 17.6 Å². The Morgan fingerprint density at radius 2 is 1.90 bits per heavy atom. The first-order valence-electron chi connectivity index (χ1n) is 9.81. The number of para-hydroxylation sites is 1. The second kappa shape index (κ2) is 9.22. The molecule has 1 heterocycles. The first-order chi connectivity index (χ1) is 14.2. The predicted octanol–water partition coefficient (Wildman–Crippen LogP) is 5.48. The molecular weight excluding hydrogens is 389 g/mol. The molecule has 1 N–H and O–H groups in total. The van der Waals surface area contributed by atoms with Crippen LogP contribution in [-0.4, -0.2) is 21.3 Å². The van der Waals surface area contributed by atoms with Crippen molar-refractivity contribution in [3.63, 3.8) is 0 Å². The Bertz CT molecular complexity index is 968. The number of thioether (sulfide) groups is 1. The van der Waals surface area contributed by atoms with Gasteiger partial charge in [-0.25, -0.2) is 4.39 Å². The van der Waals surface area contributed by atoms with Crippen LogP contribution in [0.4, 0.5) is 10.1 Å². The maximum Gasteiger partial charge on any atom is 0.227 e. The molecule has 0 spiro atoms. The van der Waals surface area contributed by atoms with Gasteiger partial charge < -0.3 is 9.84 Å². The summed E-state index contributed by atoms with van der Waals surface area (Å²) >= 11 is 1.85. The zero-order valence-corrected chi connectivity index (χ0v) is 16.8. The highest BCUT2D eigenvalue weighted by Gasteiger charge is 2.18. The molecule has 29 heavy (non-hydrogen) atoms. The van der Waals surface area contributed by atoms with Crippen molar-refractivity contribution in [3.8, 4) is 11.4 Å². The summed E-state index contributed by atoms with van der Waals surface area (Å²) in [4.78, 5) is 17.8. The maximum absolute atomic E-state index is 13.0. The number of aromatic nitrogens is 2. The molecule has 7 heteroatoms. The van der Waals surface area contributed by atoms with E-state index in [9.17, 15) is 9.18 Å². The molecule has 0 bridgehead atoms. The van der Waals surface area contributed by atoms with Crippen molar-refractivity contribution < 1.29 is 13.7 Å². The smallest absolute Gasteiger partial charge is 0.227 e. The molecule has 0 unspecified atom stereocenters. The average molecular weight is 412 g/mol. The molecule has 1 aliphatic carbocycles. The minimum absolute atomic E-state index is 0.0917. The normalized spacial score (nSPS) is 14.2. The topological polar surface area (TPSA) is 68.0 Å². The number of hydrogen-bond donors (Lipinski definition) is 1. The Morgan fingerprint density at radius 1 is 1.14 bits per heavy atom. The Kier molecular flexibility index (Phi) is 6.24. The van der Waals surface area contributed by atoms with Crippen LogP contribution in [0.3, 0.4) is 0 Å². The van der Waals surface area contributed by atoms with E-state index in [-0.39, 0.29) is 18.1 Å². The van der Waals surface area contributed by atoms with E-state index in [1.165, 1.54) is 37.8 Å². The van der Waals surface area contributed by atoms with Crippen LogP contribution < -0.4 is 5.32 Å². The molecule has 1 aliphatic rings. The molecule has 3 aromatic rings. The second-order valence-electron chi connectivity index (χ2n) is 7.09. The number of benzene rings is 2. The SMILES string of the molecule is O=C(CCc1nc(-c2ccc(F)cc2)no1)Nc1ccccc1SC1CCCC1. The van der Waals surface area contributed by atoms with Crippen LogP contribution in [0.5, 0.6) is 0 Å². The molecule has 0 aliphatic heterocycles. The first kappa shape index (κ1) is 19.6. The van der Waals surface area contributed by atoms with Gasteiger partial charge in [0.05, 0.1) is 5.69 Å². The second-order valence-corrected chi connectivity index (χ2v) is 8.43. The summed E-state index contributed by atoms with van der Waals surface area (Å²) in [5, 5.41) is 7.55. The van der Waals surface area contributed by atoms with E-state index in [4.69, 9.17) is 4.52 Å². The summed E-state index contributed by atoms with van der Waals surface area (Å²) in [6.45, 7) is 0. The van der Waals surface area contributed by atoms with Crippen LogP contribution in [0.2, 0.25) is 0 Å². The van der Waals surface area contributed by atoms with E-state index in [0.29, 0.717) is 28.9 Å². The van der Waals surface area contributed by atoms with Gasteiger partial charge in [-0.3, -0.25) is 4.79 Å². The quantitative estimate of drug-likeness (QED) is 0.557. The fourth-order valence-electron chi connectivity index (χ4n) is 3.36. The fraction of sp³-hybridized carbons (Fsp3) is 0.318. The molecule has 2 aromatic carbocycles. The van der Waals surface area contributed by atoms with Gasteiger partial charge in [-0.2, -0.15) is 4.98 Å². The van der Waals surface area contributed by atoms with E-state index < -0.39 is 0 Å². The van der Waals surface area contributed by atoms with Gasteiger partial charge >= 0.3 is 0 Å². The van der Waals surface area contributed by atoms with Crippen LogP contribution in [-0.2, 0) is 11.2 Å². The number of halogens is 1. The minimum atomic E-state index is -0.319. The number of anilines is 1. The standard InChI is InChI=1S/C22H22FN3O2S/c23-16-11-9-15(10-12-16)22-25-21(28-26-22)14-13-20(27)24-18-7-3-4-8-19(18)29-17-5-1-2-6-17/h3-4,7-12,17H,1-2,5-6,13-14H2,(H,24,27). The molecule has 1 fully saturated rings. The van der Waals surface area contributed by atoms with Crippen molar-refractivity contribution in [1.82, 2.24) is 10.1 Å². The lowest BCUT2D eigenvalue weighted by atomic mass is 10.2. The lowest BCUT2D eigenvalue weighted by Crippen LogP contribution is -2.13. The van der Waals surface area contributed by atoms with Crippen molar-refractivity contribution in [2.45, 2.75) is 48.7 Å². The van der Waals surface area contributed by atoms with E-state index in [1.807, 2.05) is 30.0 Å². The van der Waals surface area contributed by atoms with Crippen LogP contribution in [0, 0.1) is 5.82 Å². The van der Waals surface area contributed by atoms with Gasteiger partial charge in [-0.1, -0.05) is 30.1 Å². The Labute approximate surface area is 173 Å². The summed E-state index contributed by atoms with van der Waals surface area (Å²) in [5.74, 6) is 0.360. The number of hydrogen-bond acceptors (Lipinski definition) is 5. The van der Waals surface area contributed by atoms with Crippen molar-refractivity contribution in [2.75, 3.05) is 5.32 Å². The third-order valence-electron chi connectivity index (χ3n) is 4.89. The van der Waals surface area contributed by atoms with Gasteiger partial charge in [0.1, 0.15) is 5.82 Å². The first-order valence-corrected chi connectivity index (χ1v) is 10.7. The number of carbonyl (C=O) groups excluding carboxylic acids is 1. The molecule has 0 saturated heterocycles. The van der Waals surface area contributed by atoms with Crippen LogP contribution >= 0.6 is 11.8 Å². The number of aryl methyl sites for hydroxylation is 1. The predicted molar refractivity (Wildman–Crippen MR) is 111 cm³/mol. The molecule has 1 saturated carbocycles. The highest BCUT2D eigenvalue weighted by molar-refractivity contribution is 8.00. The largest absolute Gasteiger partial charge is 0.339 e. The number of nitrogens with one attached hydrogen (secondary N) is 1. The Hall–Kier alpha value is -2.67. The highest BCUT2D eigenvalue weighted by atomic mass is 32.2. The molecule has 0 radical (unpaired) electrons. The van der Waals surface area contributed by atoms with E-state index in [2.05, 4.69) is 21.5 Å². The number of rotatable bonds is 7. The third-order valence-corrected chi connectivity index (χ3v) is 6.31. The monoisotopic (exact) mass is 411 g/mol. The molecule has 150 valence electrons. The van der Waals surface area contributed by atoms with Gasteiger partial charge in [0.15, 0.2) is 0 Å². The average Bonchev–Trinajstić information content (AvgIpc) is 3.41. The summed E-state index contributed by atoms with van der Waals surface area (Å²) in [6.07, 6.45) is 5.64. The third kappa shape index (κ3) is 5.23. The summed E-state index contributed by atoms with van der Waals surface area (Å²) < 4.78 is 18.3. The Balaban J connectivity index is 1.33. The molecule has 5 nitrogen and oxygen atoms in total. The van der Waals surface area contributed by atoms with Crippen molar-refractivity contribution in [3.05, 3.63) is 60.2 Å². The lowest BCUT2D eigenvalue weighted by molar-refractivity contribution is -0.116. The lowest BCUT2D eigenvalue weighted by Gasteiger charge is -2.13. The van der Waals surface area contributed by atoms with Crippen molar-refractivity contribution in [2.24, 2.45) is 0 Å². The Morgan fingerprint density at radius 3 is 2.69 bits per heavy atom. The minimum Gasteiger partial charge on any atom is -0.339 e. The summed E-state index contributed by atoms with van der Waals surface area (Å²) in [5.41, 5.74) is 1.52. The van der Waals surface area contributed by atoms with Gasteiger partial charge in [0.25, 0.3) is 0 Å². The number of carbonyl (C=O) groups is 1. The molecule has 1 amide bonds. The van der Waals surface area contributed by atoms with E-state index in [1.54, 1.807) is 12.1 Å². The maximum atomic E-state index is 13.0. The van der Waals surface area contributed by atoms with E-state index >= 15 is 0 Å². The zero-order valence-electron chi connectivity index (χ0n) is 15.9. The van der Waals surface area contributed by atoms with Crippen molar-refractivity contribution in [1.29, 1.82) is 0 Å². The van der Waals surface area contributed by atoms with Crippen LogP contribution in [0.15, 0.2) is 57.9 Å². The fourth-order valence-corrected chi connectivity index (χ4v) is 4.70. The highest BCUT2D eigenvalue weighted by Crippen LogP contribution is 2.38. The number of nitrogens with zero attached hydrogens (tertiary/aromatic N) is 2. The molecule has 1 aromatic heterocycles. The van der Waals surface area contributed by atoms with E-state index in [0.717, 1.165) is 10.6 Å². The molecule has 4 rings (SSSR count). The summed E-state index contributed by atoms with van der Waals surface area (Å²) in [6, 6.07) is 13.8.